The average Bonchev–Trinajstić information content (AvgIpc) is 3.72. The summed E-state index contributed by atoms with van der Waals surface area (Å²) in [6, 6.07) is 9.49. The highest BCUT2D eigenvalue weighted by molar-refractivity contribution is 7.90. The van der Waals surface area contributed by atoms with Crippen LogP contribution in [0.5, 0.6) is 0 Å². The van der Waals surface area contributed by atoms with Gasteiger partial charge in [-0.3, -0.25) is 9.59 Å². The molecule has 0 unspecified atom stereocenters. The van der Waals surface area contributed by atoms with Gasteiger partial charge in [-0.25, -0.2) is 8.42 Å². The summed E-state index contributed by atoms with van der Waals surface area (Å²) < 4.78 is 26.8. The number of halogens is 2. The molecule has 244 valence electrons. The fourth-order valence-corrected chi connectivity index (χ4v) is 9.21. The molecule has 2 aromatic carbocycles. The van der Waals surface area contributed by atoms with Crippen molar-refractivity contribution in [3.8, 4) is 0 Å². The molecule has 0 spiro atoms. The number of aromatic amines is 1. The van der Waals surface area contributed by atoms with E-state index < -0.39 is 9.84 Å². The number of rotatable bonds is 9. The second-order valence-electron chi connectivity index (χ2n) is 12.8. The number of benzene rings is 2. The average molecular weight is 684 g/mol. The Balaban J connectivity index is 1.17. The molecule has 0 radical (unpaired) electrons. The molecule has 8 nitrogen and oxygen atoms in total. The smallest absolute Gasteiger partial charge is 0.256 e. The van der Waals surface area contributed by atoms with Crippen molar-refractivity contribution in [3.63, 3.8) is 0 Å². The third-order valence-corrected chi connectivity index (χ3v) is 12.0. The van der Waals surface area contributed by atoms with Crippen molar-refractivity contribution in [2.24, 2.45) is 5.92 Å². The third-order valence-electron chi connectivity index (χ3n) is 9.63. The van der Waals surface area contributed by atoms with Crippen LogP contribution in [0.15, 0.2) is 41.3 Å². The lowest BCUT2D eigenvalue weighted by atomic mass is 9.96. The van der Waals surface area contributed by atoms with E-state index in [2.05, 4.69) is 20.1 Å². The van der Waals surface area contributed by atoms with Crippen molar-refractivity contribution < 1.29 is 18.0 Å². The van der Waals surface area contributed by atoms with E-state index in [1.807, 2.05) is 13.8 Å². The number of H-pyrrole nitrogens is 1. The number of sulfone groups is 1. The maximum atomic E-state index is 13.4. The summed E-state index contributed by atoms with van der Waals surface area (Å²) in [5.41, 5.74) is 5.51. The zero-order valence-corrected chi connectivity index (χ0v) is 28.6. The number of nitrogens with zero attached hydrogens (tertiary/aromatic N) is 2. The van der Waals surface area contributed by atoms with E-state index in [-0.39, 0.29) is 32.5 Å². The number of aromatic nitrogens is 1. The van der Waals surface area contributed by atoms with E-state index in [1.165, 1.54) is 44.5 Å². The minimum atomic E-state index is -3.82. The van der Waals surface area contributed by atoms with Gasteiger partial charge in [-0.1, -0.05) is 29.3 Å². The fraction of sp³-hybridized carbons (Fsp3) is 0.429. The van der Waals surface area contributed by atoms with Gasteiger partial charge in [-0.05, 0) is 112 Å². The lowest BCUT2D eigenvalue weighted by Gasteiger charge is -2.34. The Morgan fingerprint density at radius 2 is 1.76 bits per heavy atom. The molecule has 3 aromatic rings. The maximum absolute atomic E-state index is 13.4. The molecule has 0 aliphatic carbocycles. The first kappa shape index (κ1) is 32.8. The molecule has 1 aromatic heterocycles. The molecule has 1 atom stereocenters. The Bertz CT molecular complexity index is 1790. The molecule has 3 aliphatic heterocycles. The Morgan fingerprint density at radius 1 is 1.02 bits per heavy atom. The van der Waals surface area contributed by atoms with Crippen LogP contribution in [0.25, 0.3) is 11.6 Å². The normalized spacial score (nSPS) is 19.6. The highest BCUT2D eigenvalue weighted by Gasteiger charge is 2.29. The van der Waals surface area contributed by atoms with Crippen LogP contribution in [0.4, 0.5) is 5.69 Å². The van der Waals surface area contributed by atoms with Crippen LogP contribution in [0.1, 0.15) is 65.7 Å². The molecule has 2 amide bonds. The molecular weight excluding hydrogens is 643 g/mol. The van der Waals surface area contributed by atoms with Gasteiger partial charge in [0.2, 0.25) is 5.91 Å². The molecule has 2 saturated heterocycles. The van der Waals surface area contributed by atoms with Crippen LogP contribution in [-0.2, 0) is 31.6 Å². The number of amides is 2. The van der Waals surface area contributed by atoms with Crippen molar-refractivity contribution >= 4 is 62.2 Å². The van der Waals surface area contributed by atoms with Crippen LogP contribution < -0.4 is 5.32 Å². The molecule has 4 heterocycles. The first-order valence-electron chi connectivity index (χ1n) is 16.0. The summed E-state index contributed by atoms with van der Waals surface area (Å²) in [7, 11) is -3.82. The predicted molar refractivity (Wildman–Crippen MR) is 184 cm³/mol. The molecule has 0 saturated carbocycles. The SMILES string of the molecule is Cc1[nH]c(C=C2C(=O)Nc3ccc(S(=O)(=O)Cc4c(Cl)cccc4Cl)cc32)c(C)c1CCC(=O)N1CCC[C@@H](CN2CCCC2)C1. The maximum Gasteiger partial charge on any atom is 0.256 e. The number of aryl methyl sites for hydroxylation is 1. The van der Waals surface area contributed by atoms with Gasteiger partial charge in [-0.15, -0.1) is 0 Å². The monoisotopic (exact) mass is 682 g/mol. The Morgan fingerprint density at radius 3 is 2.50 bits per heavy atom. The van der Waals surface area contributed by atoms with Gasteiger partial charge in [-0.2, -0.15) is 0 Å². The largest absolute Gasteiger partial charge is 0.359 e. The molecular formula is C35H40Cl2N4O4S. The van der Waals surface area contributed by atoms with E-state index in [0.717, 1.165) is 48.6 Å². The summed E-state index contributed by atoms with van der Waals surface area (Å²) in [6.07, 6.45) is 7.63. The molecule has 0 bridgehead atoms. The highest BCUT2D eigenvalue weighted by Crippen LogP contribution is 2.37. The topological polar surface area (TPSA) is 103 Å². The van der Waals surface area contributed by atoms with Crippen LogP contribution >= 0.6 is 23.2 Å². The van der Waals surface area contributed by atoms with Crippen LogP contribution in [0.3, 0.4) is 0 Å². The van der Waals surface area contributed by atoms with Crippen molar-refractivity contribution in [2.75, 3.05) is 38.0 Å². The van der Waals surface area contributed by atoms with Gasteiger partial charge in [0, 0.05) is 64.3 Å². The number of carbonyl (C=O) groups excluding carboxylic acids is 2. The number of piperidine rings is 1. The number of fused-ring (bicyclic) bond motifs is 1. The third kappa shape index (κ3) is 6.93. The van der Waals surface area contributed by atoms with Gasteiger partial charge in [0.15, 0.2) is 9.84 Å². The van der Waals surface area contributed by atoms with Gasteiger partial charge >= 0.3 is 0 Å². The molecule has 6 rings (SSSR count). The summed E-state index contributed by atoms with van der Waals surface area (Å²) in [6.45, 7) is 9.10. The molecule has 46 heavy (non-hydrogen) atoms. The van der Waals surface area contributed by atoms with Gasteiger partial charge in [0.1, 0.15) is 0 Å². The van der Waals surface area contributed by atoms with Gasteiger partial charge in [0.25, 0.3) is 5.91 Å². The van der Waals surface area contributed by atoms with Crippen molar-refractivity contribution in [1.29, 1.82) is 0 Å². The summed E-state index contributed by atoms with van der Waals surface area (Å²) >= 11 is 12.5. The molecule has 3 aliphatic rings. The van der Waals surface area contributed by atoms with E-state index in [1.54, 1.807) is 30.3 Å². The van der Waals surface area contributed by atoms with E-state index in [4.69, 9.17) is 23.2 Å². The summed E-state index contributed by atoms with van der Waals surface area (Å²) in [4.78, 5) is 34.4. The number of likely N-dealkylation sites (tertiary alicyclic amines) is 2. The van der Waals surface area contributed by atoms with Crippen LogP contribution in [0.2, 0.25) is 10.0 Å². The Kier molecular flexibility index (Phi) is 9.67. The molecule has 11 heteroatoms. The summed E-state index contributed by atoms with van der Waals surface area (Å²) in [5, 5.41) is 3.41. The first-order valence-corrected chi connectivity index (χ1v) is 18.4. The van der Waals surface area contributed by atoms with E-state index in [9.17, 15) is 18.0 Å². The number of hydrogen-bond donors (Lipinski definition) is 2. The van der Waals surface area contributed by atoms with Gasteiger partial charge in [0.05, 0.1) is 16.2 Å². The second kappa shape index (κ2) is 13.6. The zero-order valence-electron chi connectivity index (χ0n) is 26.3. The van der Waals surface area contributed by atoms with Crippen molar-refractivity contribution in [3.05, 3.63) is 80.1 Å². The predicted octanol–water partition coefficient (Wildman–Crippen LogP) is 6.67. The highest BCUT2D eigenvalue weighted by atomic mass is 35.5. The minimum Gasteiger partial charge on any atom is -0.359 e. The van der Waals surface area contributed by atoms with Crippen LogP contribution in [-0.4, -0.2) is 67.7 Å². The quantitative estimate of drug-likeness (QED) is 0.246. The lowest BCUT2D eigenvalue weighted by molar-refractivity contribution is -0.133. The minimum absolute atomic E-state index is 0.0728. The van der Waals surface area contributed by atoms with Crippen molar-refractivity contribution in [1.82, 2.24) is 14.8 Å². The Labute approximate surface area is 281 Å². The zero-order chi connectivity index (χ0) is 32.6. The van der Waals surface area contributed by atoms with E-state index >= 15 is 0 Å². The number of carbonyl (C=O) groups is 2. The summed E-state index contributed by atoms with van der Waals surface area (Å²) in [5.74, 6) is 0.0744. The molecule has 2 N–H and O–H groups in total. The first-order chi connectivity index (χ1) is 22.0. The number of nitrogens with one attached hydrogen (secondary N) is 2. The standard InChI is InChI=1S/C35H40Cl2N4O4S/c1-22-26(11-13-34(42)41-16-6-7-24(20-41)19-40-14-3-4-15-40)23(2)38-33(22)18-28-27-17-25(10-12-32(27)39-35(28)43)46(44,45)21-29-30(36)8-5-9-31(29)37/h5,8-10,12,17-18,24,38H,3-4,6-7,11,13-16,19-21H2,1-2H3,(H,39,43)/t24-/m0/s1. The van der Waals surface area contributed by atoms with E-state index in [0.29, 0.717) is 41.1 Å². The number of anilines is 1. The van der Waals surface area contributed by atoms with Crippen molar-refractivity contribution in [2.45, 2.75) is 63.0 Å². The van der Waals surface area contributed by atoms with Gasteiger partial charge < -0.3 is 20.1 Å². The number of hydrogen-bond acceptors (Lipinski definition) is 5. The molecule has 2 fully saturated rings. The fourth-order valence-electron chi connectivity index (χ4n) is 7.09. The Hall–Kier alpha value is -3.11. The second-order valence-corrected chi connectivity index (χ2v) is 15.6. The van der Waals surface area contributed by atoms with Crippen LogP contribution in [0, 0.1) is 19.8 Å². The lowest BCUT2D eigenvalue weighted by Crippen LogP contribution is -2.43.